The van der Waals surface area contributed by atoms with Crippen molar-refractivity contribution in [1.82, 2.24) is 5.32 Å². The van der Waals surface area contributed by atoms with Crippen LogP contribution in [-0.4, -0.2) is 23.8 Å². The van der Waals surface area contributed by atoms with E-state index < -0.39 is 0 Å². The lowest BCUT2D eigenvalue weighted by Gasteiger charge is -2.19. The summed E-state index contributed by atoms with van der Waals surface area (Å²) in [6.07, 6.45) is 0.686. The van der Waals surface area contributed by atoms with Crippen molar-refractivity contribution in [3.63, 3.8) is 0 Å². The average molecular weight is 317 g/mol. The van der Waals surface area contributed by atoms with Crippen LogP contribution < -0.4 is 5.32 Å². The molecule has 1 aliphatic rings. The number of benzene rings is 3. The van der Waals surface area contributed by atoms with Crippen molar-refractivity contribution in [2.24, 2.45) is 0 Å². The standard InChI is InChI=1S/C20H15NO3/c1-21-20(24)15-7-6-12-9-13-8-11-4-2-3-5-14(11)18(22)17(13)10-16(12)19(15)23/h2-7,9-10,23H,8H2,1H3,(H,21,24). The fourth-order valence-corrected chi connectivity index (χ4v) is 3.33. The van der Waals surface area contributed by atoms with Gasteiger partial charge in [-0.2, -0.15) is 0 Å². The third kappa shape index (κ3) is 2.00. The third-order valence-corrected chi connectivity index (χ3v) is 4.57. The van der Waals surface area contributed by atoms with Gasteiger partial charge in [-0.25, -0.2) is 0 Å². The number of ketones is 1. The number of rotatable bonds is 1. The molecule has 3 aromatic carbocycles. The zero-order chi connectivity index (χ0) is 16.8. The summed E-state index contributed by atoms with van der Waals surface area (Å²) < 4.78 is 0. The first-order chi connectivity index (χ1) is 11.6. The molecule has 0 fully saturated rings. The summed E-state index contributed by atoms with van der Waals surface area (Å²) in [5, 5.41) is 14.3. The van der Waals surface area contributed by atoms with E-state index in [2.05, 4.69) is 5.32 Å². The largest absolute Gasteiger partial charge is 0.506 e. The minimum absolute atomic E-state index is 0.0431. The molecule has 0 saturated carbocycles. The first-order valence-corrected chi connectivity index (χ1v) is 7.73. The van der Waals surface area contributed by atoms with Crippen molar-refractivity contribution < 1.29 is 14.7 Å². The van der Waals surface area contributed by atoms with E-state index in [1.165, 1.54) is 7.05 Å². The smallest absolute Gasteiger partial charge is 0.254 e. The maximum atomic E-state index is 12.8. The van der Waals surface area contributed by atoms with E-state index in [9.17, 15) is 14.7 Å². The number of phenolic OH excluding ortho intramolecular Hbond substituents is 1. The van der Waals surface area contributed by atoms with Gasteiger partial charge in [0.1, 0.15) is 5.75 Å². The second-order valence-corrected chi connectivity index (χ2v) is 5.93. The minimum Gasteiger partial charge on any atom is -0.506 e. The summed E-state index contributed by atoms with van der Waals surface area (Å²) in [6, 6.07) is 14.6. The quantitative estimate of drug-likeness (QED) is 0.567. The molecular weight excluding hydrogens is 302 g/mol. The number of aromatic hydroxyl groups is 1. The topological polar surface area (TPSA) is 66.4 Å². The Balaban J connectivity index is 1.95. The molecule has 24 heavy (non-hydrogen) atoms. The molecule has 4 rings (SSSR count). The molecule has 0 heterocycles. The lowest BCUT2D eigenvalue weighted by Crippen LogP contribution is -2.18. The van der Waals surface area contributed by atoms with E-state index in [1.54, 1.807) is 18.2 Å². The van der Waals surface area contributed by atoms with Gasteiger partial charge in [0, 0.05) is 23.6 Å². The van der Waals surface area contributed by atoms with Crippen LogP contribution >= 0.6 is 0 Å². The number of hydrogen-bond acceptors (Lipinski definition) is 3. The zero-order valence-electron chi connectivity index (χ0n) is 13.1. The second kappa shape index (κ2) is 5.20. The SMILES string of the molecule is CNC(=O)c1ccc2cc3c(cc2c1O)C(=O)c1ccccc1C3. The normalized spacial score (nSPS) is 12.6. The predicted octanol–water partition coefficient (Wildman–Crippen LogP) is 3.04. The molecule has 0 unspecified atom stereocenters. The fourth-order valence-electron chi connectivity index (χ4n) is 3.33. The Labute approximate surface area is 138 Å². The van der Waals surface area contributed by atoms with E-state index in [0.29, 0.717) is 22.9 Å². The Morgan fingerprint density at radius 2 is 1.83 bits per heavy atom. The van der Waals surface area contributed by atoms with Crippen molar-refractivity contribution in [1.29, 1.82) is 0 Å². The van der Waals surface area contributed by atoms with Crippen LogP contribution in [0.1, 0.15) is 37.4 Å². The Kier molecular flexibility index (Phi) is 3.13. The maximum Gasteiger partial charge on any atom is 0.254 e. The highest BCUT2D eigenvalue weighted by Gasteiger charge is 2.24. The van der Waals surface area contributed by atoms with Gasteiger partial charge in [0.05, 0.1) is 5.56 Å². The van der Waals surface area contributed by atoms with Crippen LogP contribution in [0.25, 0.3) is 10.8 Å². The summed E-state index contributed by atoms with van der Waals surface area (Å²) in [5.74, 6) is -0.497. The molecule has 0 saturated heterocycles. The predicted molar refractivity (Wildman–Crippen MR) is 91.7 cm³/mol. The zero-order valence-corrected chi connectivity index (χ0v) is 13.1. The van der Waals surface area contributed by atoms with E-state index in [0.717, 1.165) is 16.5 Å². The highest BCUT2D eigenvalue weighted by molar-refractivity contribution is 6.15. The van der Waals surface area contributed by atoms with E-state index >= 15 is 0 Å². The van der Waals surface area contributed by atoms with Gasteiger partial charge in [-0.3, -0.25) is 9.59 Å². The molecule has 0 aromatic heterocycles. The van der Waals surface area contributed by atoms with Gasteiger partial charge >= 0.3 is 0 Å². The lowest BCUT2D eigenvalue weighted by atomic mass is 9.83. The fraction of sp³-hybridized carbons (Fsp3) is 0.100. The van der Waals surface area contributed by atoms with Gasteiger partial charge in [0.2, 0.25) is 0 Å². The van der Waals surface area contributed by atoms with Crippen LogP contribution in [0, 0.1) is 0 Å². The monoisotopic (exact) mass is 317 g/mol. The van der Waals surface area contributed by atoms with Crippen LogP contribution in [-0.2, 0) is 6.42 Å². The van der Waals surface area contributed by atoms with Crippen LogP contribution in [0.5, 0.6) is 5.75 Å². The van der Waals surface area contributed by atoms with Crippen molar-refractivity contribution in [2.45, 2.75) is 6.42 Å². The summed E-state index contributed by atoms with van der Waals surface area (Å²) in [4.78, 5) is 24.6. The van der Waals surface area contributed by atoms with Crippen LogP contribution in [0.4, 0.5) is 0 Å². The minimum atomic E-state index is -0.358. The van der Waals surface area contributed by atoms with Gasteiger partial charge < -0.3 is 10.4 Å². The molecule has 0 radical (unpaired) electrons. The number of hydrogen-bond donors (Lipinski definition) is 2. The summed E-state index contributed by atoms with van der Waals surface area (Å²) in [7, 11) is 1.51. The van der Waals surface area contributed by atoms with Crippen molar-refractivity contribution in [3.8, 4) is 5.75 Å². The highest BCUT2D eigenvalue weighted by Crippen LogP contribution is 2.35. The van der Waals surface area contributed by atoms with Crippen molar-refractivity contribution in [3.05, 3.63) is 76.3 Å². The molecule has 2 N–H and O–H groups in total. The molecule has 4 heteroatoms. The van der Waals surface area contributed by atoms with E-state index in [1.807, 2.05) is 30.3 Å². The molecule has 0 aliphatic heterocycles. The molecule has 0 bridgehead atoms. The Morgan fingerprint density at radius 1 is 1.04 bits per heavy atom. The molecule has 4 nitrogen and oxygen atoms in total. The number of nitrogens with one attached hydrogen (secondary N) is 1. The molecule has 0 atom stereocenters. The number of phenols is 1. The molecule has 118 valence electrons. The lowest BCUT2D eigenvalue weighted by molar-refractivity contribution is 0.0960. The summed E-state index contributed by atoms with van der Waals surface area (Å²) >= 11 is 0. The first kappa shape index (κ1) is 14.5. The van der Waals surface area contributed by atoms with Crippen molar-refractivity contribution >= 4 is 22.5 Å². The number of fused-ring (bicyclic) bond motifs is 3. The highest BCUT2D eigenvalue weighted by atomic mass is 16.3. The first-order valence-electron chi connectivity index (χ1n) is 7.73. The Morgan fingerprint density at radius 3 is 2.62 bits per heavy atom. The van der Waals surface area contributed by atoms with Gasteiger partial charge in [-0.1, -0.05) is 30.3 Å². The molecule has 1 amide bonds. The van der Waals surface area contributed by atoms with Gasteiger partial charge in [-0.15, -0.1) is 0 Å². The maximum absolute atomic E-state index is 12.8. The molecule has 1 aliphatic carbocycles. The average Bonchev–Trinajstić information content (AvgIpc) is 2.61. The molecule has 0 spiro atoms. The summed E-state index contributed by atoms with van der Waals surface area (Å²) in [5.41, 5.74) is 3.45. The van der Waals surface area contributed by atoms with Crippen LogP contribution in [0.2, 0.25) is 0 Å². The van der Waals surface area contributed by atoms with E-state index in [-0.39, 0.29) is 23.0 Å². The second-order valence-electron chi connectivity index (χ2n) is 5.93. The van der Waals surface area contributed by atoms with Gasteiger partial charge in [0.25, 0.3) is 5.91 Å². The van der Waals surface area contributed by atoms with Gasteiger partial charge in [-0.05, 0) is 41.1 Å². The van der Waals surface area contributed by atoms with E-state index in [4.69, 9.17) is 0 Å². The van der Waals surface area contributed by atoms with Crippen LogP contribution in [0.3, 0.4) is 0 Å². The third-order valence-electron chi connectivity index (χ3n) is 4.57. The summed E-state index contributed by atoms with van der Waals surface area (Å²) in [6.45, 7) is 0. The Hall–Kier alpha value is -3.14. The number of carbonyl (C=O) groups is 2. The van der Waals surface area contributed by atoms with Crippen LogP contribution in [0.15, 0.2) is 48.5 Å². The number of carbonyl (C=O) groups excluding carboxylic acids is 2. The molecule has 3 aromatic rings. The Bertz CT molecular complexity index is 1020. The van der Waals surface area contributed by atoms with Gasteiger partial charge in [0.15, 0.2) is 5.78 Å². The molecular formula is C20H15NO3. The number of amides is 1. The van der Waals surface area contributed by atoms with Crippen molar-refractivity contribution in [2.75, 3.05) is 7.05 Å².